The highest BCUT2D eigenvalue weighted by Gasteiger charge is 2.23. The summed E-state index contributed by atoms with van der Waals surface area (Å²) in [6.07, 6.45) is 9.01. The maximum absolute atomic E-state index is 10.6. The molecule has 1 atom stereocenters. The van der Waals surface area contributed by atoms with Crippen LogP contribution >= 0.6 is 0 Å². The Bertz CT molecular complexity index is 942. The second-order valence-corrected chi connectivity index (χ2v) is 8.51. The molecule has 0 radical (unpaired) electrons. The largest absolute Gasteiger partial charge is 0.508 e. The highest BCUT2D eigenvalue weighted by Crippen LogP contribution is 2.36. The van der Waals surface area contributed by atoms with E-state index in [1.165, 1.54) is 43.2 Å². The summed E-state index contributed by atoms with van der Waals surface area (Å²) in [5.41, 5.74) is 4.46. The fourth-order valence-corrected chi connectivity index (χ4v) is 4.66. The summed E-state index contributed by atoms with van der Waals surface area (Å²) in [6, 6.07) is 15.5. The molecule has 1 aliphatic rings. The Morgan fingerprint density at radius 2 is 1.86 bits per heavy atom. The molecule has 1 unspecified atom stereocenters. The van der Waals surface area contributed by atoms with Gasteiger partial charge in [0.15, 0.2) is 0 Å². The summed E-state index contributed by atoms with van der Waals surface area (Å²) in [6.45, 7) is 2.18. The average molecular weight is 392 g/mol. The number of hydrogen-bond donors (Lipinski definition) is 2. The molecule has 1 saturated carbocycles. The normalized spacial score (nSPS) is 16.3. The molecule has 4 heteroatoms. The van der Waals surface area contributed by atoms with Gasteiger partial charge in [0.25, 0.3) is 0 Å². The molecule has 3 aromatic rings. The first-order chi connectivity index (χ1) is 14.2. The molecule has 1 aromatic heterocycles. The van der Waals surface area contributed by atoms with E-state index in [2.05, 4.69) is 53.2 Å². The van der Waals surface area contributed by atoms with Crippen LogP contribution in [0, 0.1) is 0 Å². The van der Waals surface area contributed by atoms with Gasteiger partial charge in [0.1, 0.15) is 11.6 Å². The van der Waals surface area contributed by atoms with Crippen LogP contribution in [0.3, 0.4) is 0 Å². The second kappa shape index (κ2) is 9.00. The van der Waals surface area contributed by atoms with E-state index in [-0.39, 0.29) is 0 Å². The maximum Gasteiger partial charge on any atom is 0.121 e. The Balaban J connectivity index is 1.79. The van der Waals surface area contributed by atoms with Crippen LogP contribution in [0.1, 0.15) is 68.4 Å². The molecule has 0 spiro atoms. The minimum atomic E-state index is 0.375. The molecular weight excluding hydrogens is 358 g/mol. The van der Waals surface area contributed by atoms with Gasteiger partial charge in [-0.05, 0) is 57.4 Å². The van der Waals surface area contributed by atoms with Gasteiger partial charge in [0.05, 0.1) is 11.0 Å². The molecular formula is C25H33N3O. The zero-order chi connectivity index (χ0) is 20.2. The minimum absolute atomic E-state index is 0.375. The van der Waals surface area contributed by atoms with E-state index in [4.69, 9.17) is 4.98 Å². The van der Waals surface area contributed by atoms with Crippen LogP contribution in [0.4, 0.5) is 0 Å². The lowest BCUT2D eigenvalue weighted by Gasteiger charge is -2.25. The first-order valence-electron chi connectivity index (χ1n) is 11.1. The Morgan fingerprint density at radius 3 is 2.59 bits per heavy atom. The smallest absolute Gasteiger partial charge is 0.121 e. The van der Waals surface area contributed by atoms with Crippen molar-refractivity contribution in [3.05, 3.63) is 59.4 Å². The number of nitrogens with zero attached hydrogens (tertiary/aromatic N) is 2. The number of aryl methyl sites for hydroxylation is 1. The summed E-state index contributed by atoms with van der Waals surface area (Å²) in [5.74, 6) is 1.51. The van der Waals surface area contributed by atoms with Crippen molar-refractivity contribution in [1.29, 1.82) is 0 Å². The van der Waals surface area contributed by atoms with Gasteiger partial charge in [0.2, 0.25) is 0 Å². The Hall–Kier alpha value is -2.33. The van der Waals surface area contributed by atoms with Crippen molar-refractivity contribution in [2.24, 2.45) is 0 Å². The van der Waals surface area contributed by atoms with Gasteiger partial charge in [-0.1, -0.05) is 49.6 Å². The first kappa shape index (κ1) is 20.0. The van der Waals surface area contributed by atoms with Gasteiger partial charge >= 0.3 is 0 Å². The fourth-order valence-electron chi connectivity index (χ4n) is 4.66. The molecule has 2 aromatic carbocycles. The van der Waals surface area contributed by atoms with Crippen molar-refractivity contribution in [3.8, 4) is 5.75 Å². The SMILES string of the molecule is CNC(C)CCc1c(O)ccc2c1nc(Cc1ccccc1)n2C1CCCCC1. The third kappa shape index (κ3) is 4.32. The predicted octanol–water partition coefficient (Wildman–Crippen LogP) is 5.38. The molecule has 1 fully saturated rings. The molecule has 0 bridgehead atoms. The number of phenols is 1. The van der Waals surface area contributed by atoms with Crippen molar-refractivity contribution in [2.75, 3.05) is 7.05 Å². The number of imidazole rings is 1. The summed E-state index contributed by atoms with van der Waals surface area (Å²) < 4.78 is 2.49. The molecule has 0 saturated heterocycles. The van der Waals surface area contributed by atoms with Crippen molar-refractivity contribution < 1.29 is 5.11 Å². The van der Waals surface area contributed by atoms with Gasteiger partial charge in [-0.2, -0.15) is 0 Å². The summed E-state index contributed by atoms with van der Waals surface area (Å²) in [5, 5.41) is 13.9. The summed E-state index contributed by atoms with van der Waals surface area (Å²) in [7, 11) is 1.99. The topological polar surface area (TPSA) is 50.1 Å². The zero-order valence-electron chi connectivity index (χ0n) is 17.7. The molecule has 2 N–H and O–H groups in total. The number of benzene rings is 2. The maximum atomic E-state index is 10.6. The highest BCUT2D eigenvalue weighted by atomic mass is 16.3. The van der Waals surface area contributed by atoms with E-state index in [9.17, 15) is 5.11 Å². The van der Waals surface area contributed by atoms with Crippen LogP contribution < -0.4 is 5.32 Å². The van der Waals surface area contributed by atoms with Crippen LogP contribution in [0.15, 0.2) is 42.5 Å². The Labute approximate surface area is 174 Å². The second-order valence-electron chi connectivity index (χ2n) is 8.51. The number of nitrogens with one attached hydrogen (secondary N) is 1. The first-order valence-corrected chi connectivity index (χ1v) is 11.1. The molecule has 1 heterocycles. The number of hydrogen-bond acceptors (Lipinski definition) is 3. The highest BCUT2D eigenvalue weighted by molar-refractivity contribution is 5.82. The lowest BCUT2D eigenvalue weighted by atomic mass is 9.94. The average Bonchev–Trinajstić information content (AvgIpc) is 3.12. The van der Waals surface area contributed by atoms with Crippen LogP contribution in [0.2, 0.25) is 0 Å². The minimum Gasteiger partial charge on any atom is -0.508 e. The lowest BCUT2D eigenvalue weighted by Crippen LogP contribution is -2.21. The number of phenolic OH excluding ortho intramolecular Hbond substituents is 1. The van der Waals surface area contributed by atoms with Gasteiger partial charge in [0, 0.05) is 24.1 Å². The number of fused-ring (bicyclic) bond motifs is 1. The third-order valence-corrected chi connectivity index (χ3v) is 6.48. The van der Waals surface area contributed by atoms with E-state index < -0.39 is 0 Å². The van der Waals surface area contributed by atoms with Gasteiger partial charge < -0.3 is 15.0 Å². The van der Waals surface area contributed by atoms with Crippen molar-refractivity contribution in [3.63, 3.8) is 0 Å². The third-order valence-electron chi connectivity index (χ3n) is 6.48. The summed E-state index contributed by atoms with van der Waals surface area (Å²) in [4.78, 5) is 5.13. The van der Waals surface area contributed by atoms with Crippen molar-refractivity contribution in [2.45, 2.75) is 70.4 Å². The van der Waals surface area contributed by atoms with E-state index in [0.717, 1.165) is 36.2 Å². The molecule has 0 amide bonds. The standard InChI is InChI=1S/C25H33N3O/c1-18(26-2)13-14-21-23(29)16-15-22-25(21)27-24(17-19-9-5-3-6-10-19)28(22)20-11-7-4-8-12-20/h3,5-6,9-10,15-16,18,20,26,29H,4,7-8,11-14,17H2,1-2H3. The fraction of sp³-hybridized carbons (Fsp3) is 0.480. The zero-order valence-corrected chi connectivity index (χ0v) is 17.7. The quantitative estimate of drug-likeness (QED) is 0.569. The van der Waals surface area contributed by atoms with Crippen LogP contribution in [0.5, 0.6) is 5.75 Å². The number of rotatable bonds is 7. The van der Waals surface area contributed by atoms with E-state index in [1.807, 2.05) is 13.1 Å². The van der Waals surface area contributed by atoms with Crippen LogP contribution in [0.25, 0.3) is 11.0 Å². The number of aromatic hydroxyl groups is 1. The van der Waals surface area contributed by atoms with E-state index in [1.54, 1.807) is 0 Å². The molecule has 0 aliphatic heterocycles. The molecule has 4 nitrogen and oxygen atoms in total. The molecule has 4 rings (SSSR count). The predicted molar refractivity (Wildman–Crippen MR) is 120 cm³/mol. The molecule has 29 heavy (non-hydrogen) atoms. The van der Waals surface area contributed by atoms with Crippen LogP contribution in [-0.2, 0) is 12.8 Å². The monoisotopic (exact) mass is 391 g/mol. The van der Waals surface area contributed by atoms with E-state index in [0.29, 0.717) is 17.8 Å². The Morgan fingerprint density at radius 1 is 1.10 bits per heavy atom. The van der Waals surface area contributed by atoms with Gasteiger partial charge in [-0.3, -0.25) is 0 Å². The Kier molecular flexibility index (Phi) is 6.19. The van der Waals surface area contributed by atoms with Crippen molar-refractivity contribution in [1.82, 2.24) is 14.9 Å². The van der Waals surface area contributed by atoms with Crippen molar-refractivity contribution >= 4 is 11.0 Å². The molecule has 154 valence electrons. The van der Waals surface area contributed by atoms with E-state index >= 15 is 0 Å². The number of aromatic nitrogens is 2. The van der Waals surface area contributed by atoms with Crippen LogP contribution in [-0.4, -0.2) is 27.7 Å². The van der Waals surface area contributed by atoms with Gasteiger partial charge in [-0.15, -0.1) is 0 Å². The molecule has 1 aliphatic carbocycles. The van der Waals surface area contributed by atoms with Gasteiger partial charge in [-0.25, -0.2) is 4.98 Å². The lowest BCUT2D eigenvalue weighted by molar-refractivity contribution is 0.353. The summed E-state index contributed by atoms with van der Waals surface area (Å²) >= 11 is 0.